The second-order valence-electron chi connectivity index (χ2n) is 3.81. The van der Waals surface area contributed by atoms with Crippen molar-refractivity contribution in [2.75, 3.05) is 7.11 Å². The maximum absolute atomic E-state index is 13.3. The first-order chi connectivity index (χ1) is 7.93. The van der Waals surface area contributed by atoms with Gasteiger partial charge in [-0.1, -0.05) is 0 Å². The monoisotopic (exact) mass is 250 g/mol. The summed E-state index contributed by atoms with van der Waals surface area (Å²) in [5.41, 5.74) is 0. The van der Waals surface area contributed by atoms with Crippen molar-refractivity contribution in [3.8, 4) is 0 Å². The van der Waals surface area contributed by atoms with Crippen molar-refractivity contribution >= 4 is 5.97 Å². The Morgan fingerprint density at radius 2 is 2.06 bits per heavy atom. The zero-order valence-corrected chi connectivity index (χ0v) is 9.20. The molecule has 1 aliphatic rings. The minimum Gasteiger partial charge on any atom is -0.469 e. The number of rotatable bonds is 4. The fourth-order valence-corrected chi connectivity index (χ4v) is 1.57. The Balaban J connectivity index is 2.55. The van der Waals surface area contributed by atoms with Gasteiger partial charge >= 0.3 is 5.97 Å². The van der Waals surface area contributed by atoms with Gasteiger partial charge in [0.2, 0.25) is 0 Å². The molecule has 17 heavy (non-hydrogen) atoms. The van der Waals surface area contributed by atoms with Gasteiger partial charge in [-0.05, 0) is 18.6 Å². The standard InChI is InChI=1S/C11H13F3O3/c1-17-11(16)4-7(15)2-6-3-9(13)10(14)5-8(6)12/h3,5-8,15H,2,4H2,1H3/t6?,7-,8-/m0/s1. The molecule has 6 heteroatoms. The Labute approximate surface area is 96.6 Å². The van der Waals surface area contributed by atoms with Crippen LogP contribution < -0.4 is 0 Å². The summed E-state index contributed by atoms with van der Waals surface area (Å²) < 4.78 is 43.1. The van der Waals surface area contributed by atoms with E-state index in [9.17, 15) is 23.1 Å². The zero-order valence-electron chi connectivity index (χ0n) is 9.20. The summed E-state index contributed by atoms with van der Waals surface area (Å²) in [4.78, 5) is 10.8. The molecule has 0 radical (unpaired) electrons. The van der Waals surface area contributed by atoms with Crippen LogP contribution in [-0.4, -0.2) is 30.5 Å². The number of hydrogen-bond acceptors (Lipinski definition) is 3. The lowest BCUT2D eigenvalue weighted by Crippen LogP contribution is -2.24. The van der Waals surface area contributed by atoms with Crippen molar-refractivity contribution in [3.05, 3.63) is 23.8 Å². The maximum atomic E-state index is 13.3. The molecule has 0 bridgehead atoms. The molecule has 0 aromatic heterocycles. The summed E-state index contributed by atoms with van der Waals surface area (Å²) in [5, 5.41) is 9.44. The van der Waals surface area contributed by atoms with E-state index in [1.807, 2.05) is 0 Å². The van der Waals surface area contributed by atoms with Crippen LogP contribution in [0.5, 0.6) is 0 Å². The van der Waals surface area contributed by atoms with Crippen LogP contribution in [0.15, 0.2) is 23.8 Å². The molecular formula is C11H13F3O3. The van der Waals surface area contributed by atoms with E-state index in [0.29, 0.717) is 6.08 Å². The largest absolute Gasteiger partial charge is 0.469 e. The van der Waals surface area contributed by atoms with Gasteiger partial charge in [0.25, 0.3) is 0 Å². The van der Waals surface area contributed by atoms with Crippen LogP contribution in [0.2, 0.25) is 0 Å². The van der Waals surface area contributed by atoms with Crippen molar-refractivity contribution < 1.29 is 27.8 Å². The number of carbonyl (C=O) groups excluding carboxylic acids is 1. The SMILES string of the molecule is COC(=O)C[C@@H](O)CC1C=C(F)C(F)=C[C@@H]1F. The molecule has 0 amide bonds. The fraction of sp³-hybridized carbons (Fsp3) is 0.545. The van der Waals surface area contributed by atoms with E-state index >= 15 is 0 Å². The molecule has 1 unspecified atom stereocenters. The molecule has 0 fully saturated rings. The number of aliphatic hydroxyl groups is 1. The Kier molecular flexibility index (Phi) is 4.74. The van der Waals surface area contributed by atoms with Gasteiger partial charge in [-0.15, -0.1) is 0 Å². The van der Waals surface area contributed by atoms with E-state index in [1.54, 1.807) is 0 Å². The normalized spacial score (nSPS) is 25.9. The van der Waals surface area contributed by atoms with Crippen LogP contribution in [0, 0.1) is 5.92 Å². The van der Waals surface area contributed by atoms with Gasteiger partial charge in [-0.3, -0.25) is 4.79 Å². The first-order valence-electron chi connectivity index (χ1n) is 5.08. The highest BCUT2D eigenvalue weighted by Gasteiger charge is 2.28. The van der Waals surface area contributed by atoms with E-state index in [0.717, 1.165) is 13.2 Å². The number of ether oxygens (including phenoxy) is 1. The van der Waals surface area contributed by atoms with Gasteiger partial charge in [0.1, 0.15) is 6.17 Å². The van der Waals surface area contributed by atoms with Crippen molar-refractivity contribution in [2.45, 2.75) is 25.1 Å². The lowest BCUT2D eigenvalue weighted by molar-refractivity contribution is -0.143. The topological polar surface area (TPSA) is 46.5 Å². The summed E-state index contributed by atoms with van der Waals surface area (Å²) in [6.45, 7) is 0. The summed E-state index contributed by atoms with van der Waals surface area (Å²) in [5.74, 6) is -4.01. The Morgan fingerprint density at radius 3 is 2.65 bits per heavy atom. The van der Waals surface area contributed by atoms with E-state index in [-0.39, 0.29) is 12.8 Å². The average molecular weight is 250 g/mol. The quantitative estimate of drug-likeness (QED) is 0.776. The van der Waals surface area contributed by atoms with Gasteiger partial charge in [0.15, 0.2) is 11.7 Å². The van der Waals surface area contributed by atoms with Crippen LogP contribution in [0.3, 0.4) is 0 Å². The molecule has 0 saturated carbocycles. The van der Waals surface area contributed by atoms with E-state index < -0.39 is 35.8 Å². The van der Waals surface area contributed by atoms with E-state index in [1.165, 1.54) is 0 Å². The lowest BCUT2D eigenvalue weighted by atomic mass is 9.91. The van der Waals surface area contributed by atoms with Gasteiger partial charge in [-0.2, -0.15) is 0 Å². The minimum atomic E-state index is -1.71. The zero-order chi connectivity index (χ0) is 13.0. The maximum Gasteiger partial charge on any atom is 0.308 e. The number of carbonyl (C=O) groups is 1. The Bertz CT molecular complexity index is 352. The van der Waals surface area contributed by atoms with Crippen LogP contribution >= 0.6 is 0 Å². The third-order valence-electron chi connectivity index (χ3n) is 2.48. The molecule has 0 aromatic carbocycles. The van der Waals surface area contributed by atoms with Crippen molar-refractivity contribution in [1.29, 1.82) is 0 Å². The third-order valence-corrected chi connectivity index (χ3v) is 2.48. The average Bonchev–Trinajstić information content (AvgIpc) is 2.25. The van der Waals surface area contributed by atoms with E-state index in [2.05, 4.69) is 4.74 Å². The molecule has 1 N–H and O–H groups in total. The molecule has 0 aliphatic heterocycles. The number of alkyl halides is 1. The summed E-state index contributed by atoms with van der Waals surface area (Å²) >= 11 is 0. The first kappa shape index (κ1) is 13.8. The fourth-order valence-electron chi connectivity index (χ4n) is 1.57. The molecule has 0 aromatic rings. The highest BCUT2D eigenvalue weighted by atomic mass is 19.2. The second-order valence-corrected chi connectivity index (χ2v) is 3.81. The Hall–Kier alpha value is -1.30. The molecule has 0 saturated heterocycles. The van der Waals surface area contributed by atoms with Gasteiger partial charge in [0.05, 0.1) is 19.6 Å². The number of methoxy groups -OCH3 is 1. The predicted octanol–water partition coefficient (Wildman–Crippen LogP) is 1.98. The smallest absolute Gasteiger partial charge is 0.308 e. The summed E-state index contributed by atoms with van der Waals surface area (Å²) in [7, 11) is 1.16. The molecule has 0 heterocycles. The number of aliphatic hydroxyl groups excluding tert-OH is 1. The lowest BCUT2D eigenvalue weighted by Gasteiger charge is -2.21. The molecule has 1 rings (SSSR count). The van der Waals surface area contributed by atoms with Crippen molar-refractivity contribution in [3.63, 3.8) is 0 Å². The molecular weight excluding hydrogens is 237 g/mol. The predicted molar refractivity (Wildman–Crippen MR) is 54.0 cm³/mol. The minimum absolute atomic E-state index is 0.173. The summed E-state index contributed by atoms with van der Waals surface area (Å²) in [6.07, 6.45) is -2.04. The van der Waals surface area contributed by atoms with Crippen LogP contribution in [0.25, 0.3) is 0 Å². The number of esters is 1. The highest BCUT2D eigenvalue weighted by molar-refractivity contribution is 5.69. The van der Waals surface area contributed by atoms with Gasteiger partial charge in [0, 0.05) is 5.92 Å². The molecule has 96 valence electrons. The third kappa shape index (κ3) is 3.89. The van der Waals surface area contributed by atoms with Crippen LogP contribution in [-0.2, 0) is 9.53 Å². The highest BCUT2D eigenvalue weighted by Crippen LogP contribution is 2.30. The molecule has 3 nitrogen and oxygen atoms in total. The number of halogens is 3. The number of allylic oxidation sites excluding steroid dienone is 4. The number of hydrogen-bond donors (Lipinski definition) is 1. The molecule has 1 aliphatic carbocycles. The van der Waals surface area contributed by atoms with Crippen molar-refractivity contribution in [1.82, 2.24) is 0 Å². The Morgan fingerprint density at radius 1 is 1.47 bits per heavy atom. The molecule has 3 atom stereocenters. The summed E-state index contributed by atoms with van der Waals surface area (Å²) in [6, 6.07) is 0. The van der Waals surface area contributed by atoms with Gasteiger partial charge < -0.3 is 9.84 Å². The molecule has 0 spiro atoms. The van der Waals surface area contributed by atoms with Crippen LogP contribution in [0.4, 0.5) is 13.2 Å². The second kappa shape index (κ2) is 5.86. The van der Waals surface area contributed by atoms with Crippen molar-refractivity contribution in [2.24, 2.45) is 5.92 Å². The van der Waals surface area contributed by atoms with E-state index in [4.69, 9.17) is 0 Å². The van der Waals surface area contributed by atoms with Crippen LogP contribution in [0.1, 0.15) is 12.8 Å². The first-order valence-corrected chi connectivity index (χ1v) is 5.08. The van der Waals surface area contributed by atoms with Gasteiger partial charge in [-0.25, -0.2) is 13.2 Å².